The van der Waals surface area contributed by atoms with E-state index in [1.54, 1.807) is 0 Å². The number of aromatic nitrogens is 4. The molecule has 0 unspecified atom stereocenters. The Labute approximate surface area is 255 Å². The van der Waals surface area contributed by atoms with Crippen LogP contribution in [0.1, 0.15) is 22.5 Å². The number of nitrogens with zero attached hydrogens (tertiary/aromatic N) is 7. The van der Waals surface area contributed by atoms with Gasteiger partial charge in [0.15, 0.2) is 32.8 Å². The lowest BCUT2D eigenvalue weighted by atomic mass is 10.2. The average Bonchev–Trinajstić information content (AvgIpc) is 3.46. The Hall–Kier alpha value is -3.71. The van der Waals surface area contributed by atoms with Gasteiger partial charge in [-0.1, -0.05) is 46.4 Å². The third-order valence-electron chi connectivity index (χ3n) is 5.96. The minimum absolute atomic E-state index is 0.465. The van der Waals surface area contributed by atoms with Gasteiger partial charge in [0.05, 0.1) is 31.2 Å². The third-order valence-corrected chi connectivity index (χ3v) is 8.93. The summed E-state index contributed by atoms with van der Waals surface area (Å²) in [5, 5.41) is 24.9. The number of alkyl halides is 6. The summed E-state index contributed by atoms with van der Waals surface area (Å²) in [6.07, 6.45) is -9.77. The zero-order chi connectivity index (χ0) is 32.0. The second-order valence-corrected chi connectivity index (χ2v) is 11.9. The van der Waals surface area contributed by atoms with Crippen LogP contribution in [0.3, 0.4) is 0 Å². The molecule has 0 fully saturated rings. The number of halogens is 10. The van der Waals surface area contributed by atoms with Crippen molar-refractivity contribution in [2.45, 2.75) is 22.1 Å². The zero-order valence-electron chi connectivity index (χ0n) is 20.0. The van der Waals surface area contributed by atoms with Gasteiger partial charge in [-0.25, -0.2) is 28.6 Å². The first kappa shape index (κ1) is 30.7. The van der Waals surface area contributed by atoms with Gasteiger partial charge >= 0.3 is 12.4 Å². The second-order valence-electron chi connectivity index (χ2n) is 8.50. The lowest BCUT2D eigenvalue weighted by molar-refractivity contribution is -0.138. The molecule has 2 N–H and O–H groups in total. The maximum atomic E-state index is 13.9. The number of anilines is 2. The monoisotopic (exact) mass is 700 g/mol. The maximum Gasteiger partial charge on any atom is 0.416 e. The van der Waals surface area contributed by atoms with Crippen LogP contribution in [0.15, 0.2) is 34.1 Å². The van der Waals surface area contributed by atoms with Gasteiger partial charge in [-0.2, -0.15) is 47.1 Å². The lowest BCUT2D eigenvalue weighted by Crippen LogP contribution is -2.35. The van der Waals surface area contributed by atoms with E-state index < -0.39 is 97.6 Å². The van der Waals surface area contributed by atoms with Crippen LogP contribution in [0.4, 0.5) is 38.0 Å². The highest BCUT2D eigenvalue weighted by molar-refractivity contribution is 7.92. The van der Waals surface area contributed by atoms with Crippen LogP contribution in [0.5, 0.6) is 0 Å². The van der Waals surface area contributed by atoms with Crippen molar-refractivity contribution >= 4 is 67.9 Å². The van der Waals surface area contributed by atoms with Crippen molar-refractivity contribution in [3.63, 3.8) is 0 Å². The molecule has 21 heteroatoms. The number of rotatable bonds is 2. The Balaban J connectivity index is 1.86. The van der Waals surface area contributed by atoms with E-state index in [0.717, 1.165) is 0 Å². The molecule has 1 aliphatic rings. The SMILES string of the molecule is N#Cc1nn(-c2c(Cl)cc(C(F)(F)F)cc2Cl)c2c1S(=O)(=O)c1c(C#N)nn(-c3c(Cl)cc(C(F)(F)F)cc3Cl)c1N2N. The van der Waals surface area contributed by atoms with E-state index in [1.807, 2.05) is 0 Å². The number of nitriles is 2. The summed E-state index contributed by atoms with van der Waals surface area (Å²) >= 11 is 24.4. The van der Waals surface area contributed by atoms with Gasteiger partial charge in [-0.15, -0.1) is 0 Å². The van der Waals surface area contributed by atoms with Crippen LogP contribution in [0.25, 0.3) is 11.4 Å². The largest absolute Gasteiger partial charge is 0.416 e. The molecule has 43 heavy (non-hydrogen) atoms. The summed E-state index contributed by atoms with van der Waals surface area (Å²) in [5.74, 6) is 4.86. The molecule has 0 radical (unpaired) electrons. The van der Waals surface area contributed by atoms with Crippen molar-refractivity contribution in [1.82, 2.24) is 19.6 Å². The molecule has 2 aromatic heterocycles. The van der Waals surface area contributed by atoms with Crippen molar-refractivity contribution in [2.75, 3.05) is 5.01 Å². The molecule has 0 saturated carbocycles. The van der Waals surface area contributed by atoms with Crippen LogP contribution in [0.2, 0.25) is 20.1 Å². The van der Waals surface area contributed by atoms with E-state index in [9.17, 15) is 45.3 Å². The average molecular weight is 702 g/mol. The third kappa shape index (κ3) is 4.64. The molecule has 2 aromatic carbocycles. The first-order valence-electron chi connectivity index (χ1n) is 10.8. The first-order chi connectivity index (χ1) is 19.8. The minimum atomic E-state index is -4.97. The summed E-state index contributed by atoms with van der Waals surface area (Å²) in [4.78, 5) is -1.81. The molecule has 0 aliphatic carbocycles. The fraction of sp³-hybridized carbons (Fsp3) is 0.0909. The van der Waals surface area contributed by atoms with Crippen LogP contribution < -0.4 is 10.9 Å². The van der Waals surface area contributed by atoms with Crippen molar-refractivity contribution in [2.24, 2.45) is 5.84 Å². The molecule has 10 nitrogen and oxygen atoms in total. The molecule has 5 rings (SSSR count). The number of sulfone groups is 1. The standard InChI is InChI=1S/C22H6Cl4F6N8O2S/c23-9-1-7(21(27,28)29)2-10(24)15(9)39-19-17(13(5-33)36-39)43(41,42)18-14(6-34)37-40(20(18)38(19)35)16-11(25)3-8(4-12(16)26)22(30,31)32/h1-4H,35H2. The molecular formula is C22H6Cl4F6N8O2S. The Kier molecular flexibility index (Phi) is 7.09. The fourth-order valence-corrected chi connectivity index (χ4v) is 7.26. The van der Waals surface area contributed by atoms with Crippen LogP contribution in [-0.4, -0.2) is 28.0 Å². The molecular weight excluding hydrogens is 696 g/mol. The van der Waals surface area contributed by atoms with Gasteiger partial charge in [0.25, 0.3) is 0 Å². The van der Waals surface area contributed by atoms with E-state index in [0.29, 0.717) is 38.6 Å². The van der Waals surface area contributed by atoms with Gasteiger partial charge in [0.2, 0.25) is 9.84 Å². The van der Waals surface area contributed by atoms with Gasteiger partial charge in [0.1, 0.15) is 23.5 Å². The van der Waals surface area contributed by atoms with Crippen molar-refractivity contribution in [1.29, 1.82) is 10.5 Å². The molecule has 0 amide bonds. The highest BCUT2D eigenvalue weighted by Gasteiger charge is 2.47. The normalized spacial score (nSPS) is 14.2. The Morgan fingerprint density at radius 2 is 1.00 bits per heavy atom. The number of fused-ring (bicyclic) bond motifs is 2. The molecule has 0 bridgehead atoms. The predicted molar refractivity (Wildman–Crippen MR) is 138 cm³/mol. The van der Waals surface area contributed by atoms with E-state index in [-0.39, 0.29) is 0 Å². The van der Waals surface area contributed by atoms with Gasteiger partial charge in [0, 0.05) is 0 Å². The summed E-state index contributed by atoms with van der Waals surface area (Å²) in [6.45, 7) is 0. The topological polar surface area (TPSA) is 147 Å². The summed E-state index contributed by atoms with van der Waals surface area (Å²) in [7, 11) is -4.97. The van der Waals surface area contributed by atoms with Crippen LogP contribution in [-0.2, 0) is 22.2 Å². The molecule has 1 aliphatic heterocycles. The van der Waals surface area contributed by atoms with E-state index >= 15 is 0 Å². The fourth-order valence-electron chi connectivity index (χ4n) is 4.23. The highest BCUT2D eigenvalue weighted by Crippen LogP contribution is 2.50. The number of hydrogen-bond donors (Lipinski definition) is 1. The van der Waals surface area contributed by atoms with Crippen molar-refractivity contribution in [3.05, 3.63) is 66.9 Å². The van der Waals surface area contributed by atoms with Crippen molar-refractivity contribution in [3.8, 4) is 23.5 Å². The molecule has 0 saturated heterocycles. The summed E-state index contributed by atoms with van der Waals surface area (Å²) in [5.41, 5.74) is -5.25. The molecule has 4 aromatic rings. The van der Waals surface area contributed by atoms with Crippen LogP contribution >= 0.6 is 46.4 Å². The van der Waals surface area contributed by atoms with E-state index in [2.05, 4.69) is 10.2 Å². The lowest BCUT2D eigenvalue weighted by Gasteiger charge is -2.27. The quantitative estimate of drug-likeness (QED) is 0.181. The zero-order valence-corrected chi connectivity index (χ0v) is 23.9. The van der Waals surface area contributed by atoms with Crippen molar-refractivity contribution < 1.29 is 34.8 Å². The minimum Gasteiger partial charge on any atom is -0.242 e. The predicted octanol–water partition coefficient (Wildman–Crippen LogP) is 6.61. The van der Waals surface area contributed by atoms with Gasteiger partial charge in [-0.05, 0) is 24.3 Å². The molecule has 222 valence electrons. The number of hydrogen-bond acceptors (Lipinski definition) is 8. The van der Waals surface area contributed by atoms with Crippen LogP contribution in [0, 0.1) is 22.7 Å². The Bertz CT molecular complexity index is 1890. The summed E-state index contributed by atoms with van der Waals surface area (Å²) < 4.78 is 109. The number of benzene rings is 2. The maximum absolute atomic E-state index is 13.9. The Morgan fingerprint density at radius 1 is 0.698 bits per heavy atom. The first-order valence-corrected chi connectivity index (χ1v) is 13.8. The molecule has 0 atom stereocenters. The highest BCUT2D eigenvalue weighted by atomic mass is 35.5. The molecule has 3 heterocycles. The Morgan fingerprint density at radius 3 is 1.26 bits per heavy atom. The van der Waals surface area contributed by atoms with Gasteiger partial charge in [-0.3, -0.25) is 0 Å². The second kappa shape index (κ2) is 9.91. The number of hydrazine groups is 1. The van der Waals surface area contributed by atoms with E-state index in [4.69, 9.17) is 52.2 Å². The van der Waals surface area contributed by atoms with Gasteiger partial charge < -0.3 is 0 Å². The smallest absolute Gasteiger partial charge is 0.242 e. The van der Waals surface area contributed by atoms with E-state index in [1.165, 1.54) is 12.1 Å². The summed E-state index contributed by atoms with van der Waals surface area (Å²) in [6, 6.07) is 4.90. The number of nitrogens with two attached hydrogens (primary N) is 1. The molecule has 0 spiro atoms.